The monoisotopic (exact) mass is 300 g/mol. The minimum Gasteiger partial charge on any atom is -0.444 e. The Bertz CT molecular complexity index is 736. The molecule has 0 aliphatic heterocycles. The van der Waals surface area contributed by atoms with Gasteiger partial charge in [-0.2, -0.15) is 0 Å². The molecule has 1 heterocycles. The van der Waals surface area contributed by atoms with Gasteiger partial charge in [-0.1, -0.05) is 0 Å². The van der Waals surface area contributed by atoms with Gasteiger partial charge in [0.1, 0.15) is 5.60 Å². The van der Waals surface area contributed by atoms with Gasteiger partial charge in [-0.25, -0.2) is 4.79 Å². The summed E-state index contributed by atoms with van der Waals surface area (Å²) in [5.41, 5.74) is 1.64. The van der Waals surface area contributed by atoms with E-state index >= 15 is 0 Å². The van der Waals surface area contributed by atoms with Crippen LogP contribution >= 0.6 is 0 Å². The summed E-state index contributed by atoms with van der Waals surface area (Å²) in [5.74, 6) is 0.366. The number of carbonyl (C=O) groups excluding carboxylic acids is 2. The Morgan fingerprint density at radius 2 is 1.95 bits per heavy atom. The Morgan fingerprint density at radius 1 is 1.23 bits per heavy atom. The van der Waals surface area contributed by atoms with Crippen LogP contribution in [0.15, 0.2) is 24.3 Å². The minimum atomic E-state index is -0.536. The fourth-order valence-corrected chi connectivity index (χ4v) is 2.33. The second-order valence-electron chi connectivity index (χ2n) is 6.75. The van der Waals surface area contributed by atoms with E-state index in [0.717, 1.165) is 23.7 Å². The molecule has 1 amide bonds. The molecule has 0 radical (unpaired) electrons. The second kappa shape index (κ2) is 5.16. The van der Waals surface area contributed by atoms with Crippen molar-refractivity contribution in [1.29, 1.82) is 0 Å². The van der Waals surface area contributed by atoms with Gasteiger partial charge in [-0.15, -0.1) is 0 Å². The first-order chi connectivity index (χ1) is 10.3. The lowest BCUT2D eigenvalue weighted by Gasteiger charge is -2.19. The number of amides is 1. The van der Waals surface area contributed by atoms with E-state index in [9.17, 15) is 9.59 Å². The van der Waals surface area contributed by atoms with Crippen molar-refractivity contribution in [2.24, 2.45) is 5.92 Å². The quantitative estimate of drug-likeness (QED) is 0.838. The van der Waals surface area contributed by atoms with Gasteiger partial charge in [0.2, 0.25) is 0 Å². The number of ketones is 1. The van der Waals surface area contributed by atoms with Gasteiger partial charge in [0, 0.05) is 22.5 Å². The van der Waals surface area contributed by atoms with Crippen molar-refractivity contribution >= 4 is 28.5 Å². The van der Waals surface area contributed by atoms with E-state index in [1.165, 1.54) is 0 Å². The van der Waals surface area contributed by atoms with Crippen LogP contribution in [0.25, 0.3) is 10.9 Å². The normalized spacial score (nSPS) is 14.9. The Balaban J connectivity index is 1.77. The molecule has 0 atom stereocenters. The van der Waals surface area contributed by atoms with E-state index in [-0.39, 0.29) is 11.7 Å². The zero-order valence-electron chi connectivity index (χ0n) is 13.0. The SMILES string of the molecule is CC(C)(C)OC(=O)Nc1ccc2[nH]c(C(=O)C3CC3)cc2c1. The maximum absolute atomic E-state index is 12.1. The molecule has 1 aromatic heterocycles. The highest BCUT2D eigenvalue weighted by Crippen LogP contribution is 2.33. The van der Waals surface area contributed by atoms with E-state index in [0.29, 0.717) is 11.4 Å². The molecule has 1 aliphatic carbocycles. The number of anilines is 1. The average Bonchev–Trinajstić information content (AvgIpc) is 3.15. The summed E-state index contributed by atoms with van der Waals surface area (Å²) in [6.45, 7) is 5.45. The van der Waals surface area contributed by atoms with Crippen molar-refractivity contribution in [3.63, 3.8) is 0 Å². The van der Waals surface area contributed by atoms with Gasteiger partial charge in [-0.05, 0) is 57.9 Å². The molecule has 1 aliphatic rings. The first-order valence-electron chi connectivity index (χ1n) is 7.49. The molecule has 0 saturated heterocycles. The number of H-pyrrole nitrogens is 1. The van der Waals surface area contributed by atoms with Crippen LogP contribution in [0.5, 0.6) is 0 Å². The smallest absolute Gasteiger partial charge is 0.412 e. The van der Waals surface area contributed by atoms with Crippen LogP contribution < -0.4 is 5.32 Å². The van der Waals surface area contributed by atoms with E-state index in [1.54, 1.807) is 6.07 Å². The second-order valence-corrected chi connectivity index (χ2v) is 6.75. The van der Waals surface area contributed by atoms with Crippen molar-refractivity contribution in [2.45, 2.75) is 39.2 Å². The number of fused-ring (bicyclic) bond motifs is 1. The van der Waals surface area contributed by atoms with Crippen LogP contribution in [0, 0.1) is 5.92 Å². The van der Waals surface area contributed by atoms with Gasteiger partial charge in [0.15, 0.2) is 5.78 Å². The molecule has 0 bridgehead atoms. The van der Waals surface area contributed by atoms with Gasteiger partial charge in [0.05, 0.1) is 5.69 Å². The predicted octanol–water partition coefficient (Wildman–Crippen LogP) is 4.11. The Hall–Kier alpha value is -2.30. The van der Waals surface area contributed by atoms with Crippen LogP contribution in [0.1, 0.15) is 44.1 Å². The number of benzene rings is 1. The van der Waals surface area contributed by atoms with Crippen LogP contribution in [0.3, 0.4) is 0 Å². The summed E-state index contributed by atoms with van der Waals surface area (Å²) < 4.78 is 5.22. The maximum atomic E-state index is 12.1. The molecule has 2 N–H and O–H groups in total. The van der Waals surface area contributed by atoms with Gasteiger partial charge < -0.3 is 9.72 Å². The van der Waals surface area contributed by atoms with Gasteiger partial charge >= 0.3 is 6.09 Å². The van der Waals surface area contributed by atoms with Crippen molar-refractivity contribution < 1.29 is 14.3 Å². The Morgan fingerprint density at radius 3 is 2.59 bits per heavy atom. The first kappa shape index (κ1) is 14.6. The van der Waals surface area contributed by atoms with E-state index < -0.39 is 11.7 Å². The highest BCUT2D eigenvalue weighted by molar-refractivity contribution is 6.02. The Kier molecular flexibility index (Phi) is 3.43. The minimum absolute atomic E-state index is 0.179. The number of carbonyl (C=O) groups is 2. The number of ether oxygens (including phenoxy) is 1. The fraction of sp³-hybridized carbons (Fsp3) is 0.412. The van der Waals surface area contributed by atoms with Crippen molar-refractivity contribution in [2.75, 3.05) is 5.32 Å². The van der Waals surface area contributed by atoms with Gasteiger partial charge in [-0.3, -0.25) is 10.1 Å². The number of hydrogen-bond donors (Lipinski definition) is 2. The highest BCUT2D eigenvalue weighted by atomic mass is 16.6. The molecule has 3 rings (SSSR count). The van der Waals surface area contributed by atoms with E-state index in [1.807, 2.05) is 39.0 Å². The number of aromatic amines is 1. The van der Waals surface area contributed by atoms with Crippen molar-refractivity contribution in [1.82, 2.24) is 4.98 Å². The Labute approximate surface area is 129 Å². The third-order valence-electron chi connectivity index (χ3n) is 3.48. The molecule has 5 nitrogen and oxygen atoms in total. The van der Waals surface area contributed by atoms with Gasteiger partial charge in [0.25, 0.3) is 0 Å². The van der Waals surface area contributed by atoms with Crippen molar-refractivity contribution in [3.8, 4) is 0 Å². The standard InChI is InChI=1S/C17H20N2O3/c1-17(2,3)22-16(21)18-12-6-7-13-11(8-12)9-14(19-13)15(20)10-4-5-10/h6-10,19H,4-5H2,1-3H3,(H,18,21). The number of nitrogens with one attached hydrogen (secondary N) is 2. The molecule has 1 saturated carbocycles. The molecule has 116 valence electrons. The largest absolute Gasteiger partial charge is 0.444 e. The molecule has 5 heteroatoms. The summed E-state index contributed by atoms with van der Waals surface area (Å²) in [5, 5.41) is 3.60. The summed E-state index contributed by atoms with van der Waals surface area (Å²) in [7, 11) is 0. The first-order valence-corrected chi connectivity index (χ1v) is 7.49. The third-order valence-corrected chi connectivity index (χ3v) is 3.48. The molecule has 2 aromatic rings. The van der Waals surface area contributed by atoms with Crippen LogP contribution in [-0.4, -0.2) is 22.5 Å². The number of hydrogen-bond acceptors (Lipinski definition) is 3. The molecular weight excluding hydrogens is 280 g/mol. The van der Waals surface area contributed by atoms with E-state index in [4.69, 9.17) is 4.74 Å². The maximum Gasteiger partial charge on any atom is 0.412 e. The summed E-state index contributed by atoms with van der Waals surface area (Å²) in [6, 6.07) is 7.32. The van der Waals surface area contributed by atoms with Crippen LogP contribution in [0.2, 0.25) is 0 Å². The lowest BCUT2D eigenvalue weighted by molar-refractivity contribution is 0.0635. The molecule has 0 unspecified atom stereocenters. The topological polar surface area (TPSA) is 71.2 Å². The number of Topliss-reactive ketones (excluding diaryl/α,β-unsaturated/α-hetero) is 1. The molecule has 22 heavy (non-hydrogen) atoms. The van der Waals surface area contributed by atoms with Crippen LogP contribution in [-0.2, 0) is 4.74 Å². The molecule has 1 fully saturated rings. The average molecular weight is 300 g/mol. The lowest BCUT2D eigenvalue weighted by atomic mass is 10.2. The highest BCUT2D eigenvalue weighted by Gasteiger charge is 2.31. The predicted molar refractivity (Wildman–Crippen MR) is 85.2 cm³/mol. The van der Waals surface area contributed by atoms with Crippen LogP contribution in [0.4, 0.5) is 10.5 Å². The summed E-state index contributed by atoms with van der Waals surface area (Å²) in [6.07, 6.45) is 1.48. The molecular formula is C17H20N2O3. The third kappa shape index (κ3) is 3.30. The number of rotatable bonds is 3. The summed E-state index contributed by atoms with van der Waals surface area (Å²) >= 11 is 0. The fourth-order valence-electron chi connectivity index (χ4n) is 2.33. The van der Waals surface area contributed by atoms with E-state index in [2.05, 4.69) is 10.3 Å². The van der Waals surface area contributed by atoms with Crippen molar-refractivity contribution in [3.05, 3.63) is 30.0 Å². The molecule has 1 aromatic carbocycles. The molecule has 0 spiro atoms. The zero-order chi connectivity index (χ0) is 15.9. The lowest BCUT2D eigenvalue weighted by Crippen LogP contribution is -2.27. The summed E-state index contributed by atoms with van der Waals surface area (Å²) in [4.78, 5) is 27.0. The number of aromatic nitrogens is 1. The zero-order valence-corrected chi connectivity index (χ0v) is 13.0.